The van der Waals surface area contributed by atoms with E-state index in [0.717, 1.165) is 60.4 Å². The third kappa shape index (κ3) is 5.48. The first-order valence-electron chi connectivity index (χ1n) is 11.2. The van der Waals surface area contributed by atoms with Crippen LogP contribution in [0, 0.1) is 12.3 Å². The highest BCUT2D eigenvalue weighted by molar-refractivity contribution is 5.94. The Morgan fingerprint density at radius 1 is 1.15 bits per heavy atom. The van der Waals surface area contributed by atoms with E-state index in [9.17, 15) is 4.79 Å². The number of ketones is 1. The molecule has 0 atom stereocenters. The minimum atomic E-state index is 0.172. The SMILES string of the molecule is C#Cc1cccc(Nc2ncnc3cc(OC)c(CC(=O)CN4CCN(CC)CC4)cc23)c1. The summed E-state index contributed by atoms with van der Waals surface area (Å²) in [5, 5.41) is 4.15. The molecular formula is C26H29N5O2. The highest BCUT2D eigenvalue weighted by Crippen LogP contribution is 2.30. The number of carbonyl (C=O) groups is 1. The van der Waals surface area contributed by atoms with Gasteiger partial charge in [0.25, 0.3) is 0 Å². The molecule has 33 heavy (non-hydrogen) atoms. The Bertz CT molecular complexity index is 1180. The molecule has 1 fully saturated rings. The lowest BCUT2D eigenvalue weighted by atomic mass is 10.0. The van der Waals surface area contributed by atoms with Crippen molar-refractivity contribution in [1.29, 1.82) is 0 Å². The zero-order chi connectivity index (χ0) is 23.2. The average Bonchev–Trinajstić information content (AvgIpc) is 2.84. The van der Waals surface area contributed by atoms with Crippen LogP contribution in [0.15, 0.2) is 42.7 Å². The number of piperazine rings is 1. The number of nitrogens with one attached hydrogen (secondary N) is 1. The molecule has 2 aromatic carbocycles. The molecule has 0 radical (unpaired) electrons. The van der Waals surface area contributed by atoms with E-state index in [-0.39, 0.29) is 5.78 Å². The Hall–Kier alpha value is -3.47. The van der Waals surface area contributed by atoms with Crippen LogP contribution in [0.5, 0.6) is 5.75 Å². The van der Waals surface area contributed by atoms with Gasteiger partial charge in [0.05, 0.1) is 19.2 Å². The van der Waals surface area contributed by atoms with Crippen molar-refractivity contribution in [2.45, 2.75) is 13.3 Å². The van der Waals surface area contributed by atoms with Crippen molar-refractivity contribution in [2.75, 3.05) is 51.7 Å². The molecule has 0 unspecified atom stereocenters. The number of likely N-dealkylation sites (N-methyl/N-ethyl adjacent to an activating group) is 1. The fourth-order valence-corrected chi connectivity index (χ4v) is 4.16. The summed E-state index contributed by atoms with van der Waals surface area (Å²) in [7, 11) is 1.62. The predicted octanol–water partition coefficient (Wildman–Crippen LogP) is 3.11. The maximum atomic E-state index is 12.9. The molecule has 1 aliphatic heterocycles. The van der Waals surface area contributed by atoms with Gasteiger partial charge < -0.3 is 15.0 Å². The zero-order valence-corrected chi connectivity index (χ0v) is 19.2. The minimum absolute atomic E-state index is 0.172. The van der Waals surface area contributed by atoms with E-state index in [2.05, 4.69) is 37.9 Å². The van der Waals surface area contributed by atoms with E-state index in [1.165, 1.54) is 6.33 Å². The molecule has 7 heteroatoms. The van der Waals surface area contributed by atoms with Gasteiger partial charge in [-0.2, -0.15) is 0 Å². The van der Waals surface area contributed by atoms with Gasteiger partial charge in [-0.05, 0) is 30.8 Å². The van der Waals surface area contributed by atoms with Crippen molar-refractivity contribution in [3.8, 4) is 18.1 Å². The lowest BCUT2D eigenvalue weighted by Gasteiger charge is -2.33. The average molecular weight is 444 g/mol. The Balaban J connectivity index is 1.55. The first-order valence-corrected chi connectivity index (χ1v) is 11.2. The number of carbonyl (C=O) groups excluding carboxylic acids is 1. The van der Waals surface area contributed by atoms with E-state index in [1.807, 2.05) is 36.4 Å². The van der Waals surface area contributed by atoms with Crippen LogP contribution in [0.3, 0.4) is 0 Å². The number of anilines is 2. The number of hydrogen-bond acceptors (Lipinski definition) is 7. The summed E-state index contributed by atoms with van der Waals surface area (Å²) in [6, 6.07) is 11.4. The van der Waals surface area contributed by atoms with Crippen LogP contribution in [0.1, 0.15) is 18.1 Å². The second kappa shape index (κ2) is 10.4. The summed E-state index contributed by atoms with van der Waals surface area (Å²) in [6.45, 7) is 7.55. The van der Waals surface area contributed by atoms with Gasteiger partial charge in [-0.1, -0.05) is 18.9 Å². The molecule has 0 aliphatic carbocycles. The number of Topliss-reactive ketones (excluding diaryl/α,β-unsaturated/α-hetero) is 1. The summed E-state index contributed by atoms with van der Waals surface area (Å²) < 4.78 is 5.59. The molecule has 1 aliphatic rings. The maximum Gasteiger partial charge on any atom is 0.151 e. The van der Waals surface area contributed by atoms with Crippen LogP contribution in [0.25, 0.3) is 10.9 Å². The number of terminal acetylenes is 1. The van der Waals surface area contributed by atoms with Gasteiger partial charge in [0, 0.05) is 60.9 Å². The Labute approximate surface area is 194 Å². The van der Waals surface area contributed by atoms with Gasteiger partial charge in [-0.25, -0.2) is 9.97 Å². The van der Waals surface area contributed by atoms with Crippen LogP contribution in [-0.2, 0) is 11.2 Å². The van der Waals surface area contributed by atoms with Crippen LogP contribution in [-0.4, -0.2) is 71.9 Å². The van der Waals surface area contributed by atoms with E-state index in [4.69, 9.17) is 11.2 Å². The smallest absolute Gasteiger partial charge is 0.151 e. The second-order valence-electron chi connectivity index (χ2n) is 8.18. The molecule has 1 saturated heterocycles. The van der Waals surface area contributed by atoms with E-state index in [0.29, 0.717) is 24.5 Å². The number of hydrogen-bond donors (Lipinski definition) is 1. The Kier molecular flexibility index (Phi) is 7.18. The Morgan fingerprint density at radius 3 is 2.67 bits per heavy atom. The fourth-order valence-electron chi connectivity index (χ4n) is 4.16. The van der Waals surface area contributed by atoms with Gasteiger partial charge in [0.2, 0.25) is 0 Å². The molecule has 0 spiro atoms. The zero-order valence-electron chi connectivity index (χ0n) is 19.2. The molecule has 0 bridgehead atoms. The number of fused-ring (bicyclic) bond motifs is 1. The third-order valence-corrected chi connectivity index (χ3v) is 6.03. The fraction of sp³-hybridized carbons (Fsp3) is 0.346. The van der Waals surface area contributed by atoms with E-state index >= 15 is 0 Å². The number of benzene rings is 2. The molecule has 2 heterocycles. The summed E-state index contributed by atoms with van der Waals surface area (Å²) in [5.41, 5.74) is 3.19. The quantitative estimate of drug-likeness (QED) is 0.537. The highest BCUT2D eigenvalue weighted by Gasteiger charge is 2.19. The number of methoxy groups -OCH3 is 1. The molecule has 4 rings (SSSR count). The molecule has 3 aromatic rings. The van der Waals surface area contributed by atoms with Crippen molar-refractivity contribution in [1.82, 2.24) is 19.8 Å². The number of ether oxygens (including phenoxy) is 1. The lowest BCUT2D eigenvalue weighted by Crippen LogP contribution is -2.47. The molecule has 7 nitrogen and oxygen atoms in total. The summed E-state index contributed by atoms with van der Waals surface area (Å²) in [5.74, 6) is 4.13. The largest absolute Gasteiger partial charge is 0.496 e. The summed E-state index contributed by atoms with van der Waals surface area (Å²) >= 11 is 0. The summed E-state index contributed by atoms with van der Waals surface area (Å²) in [4.78, 5) is 26.4. The van der Waals surface area contributed by atoms with Gasteiger partial charge >= 0.3 is 0 Å². The van der Waals surface area contributed by atoms with Crippen LogP contribution >= 0.6 is 0 Å². The molecule has 1 aromatic heterocycles. The number of aromatic nitrogens is 2. The van der Waals surface area contributed by atoms with Crippen molar-refractivity contribution in [3.63, 3.8) is 0 Å². The van der Waals surface area contributed by atoms with E-state index in [1.54, 1.807) is 7.11 Å². The second-order valence-corrected chi connectivity index (χ2v) is 8.18. The van der Waals surface area contributed by atoms with E-state index < -0.39 is 0 Å². The Morgan fingerprint density at radius 2 is 1.94 bits per heavy atom. The highest BCUT2D eigenvalue weighted by atomic mass is 16.5. The minimum Gasteiger partial charge on any atom is -0.496 e. The van der Waals surface area contributed by atoms with Crippen LogP contribution < -0.4 is 10.1 Å². The molecular weight excluding hydrogens is 414 g/mol. The standard InChI is InChI=1S/C26H29N5O2/c1-4-19-7-6-8-21(13-19)29-26-23-15-20(25(33-3)16-24(23)27-18-28-26)14-22(32)17-31-11-9-30(5-2)10-12-31/h1,6-8,13,15-16,18H,5,9-12,14,17H2,2-3H3,(H,27,28,29). The van der Waals surface area contributed by atoms with Crippen LogP contribution in [0.2, 0.25) is 0 Å². The van der Waals surface area contributed by atoms with Crippen molar-refractivity contribution < 1.29 is 9.53 Å². The van der Waals surface area contributed by atoms with Crippen LogP contribution in [0.4, 0.5) is 11.5 Å². The molecule has 170 valence electrons. The summed E-state index contributed by atoms with van der Waals surface area (Å²) in [6.07, 6.45) is 7.34. The van der Waals surface area contributed by atoms with Gasteiger partial charge in [-0.15, -0.1) is 6.42 Å². The number of nitrogens with zero attached hydrogens (tertiary/aromatic N) is 4. The topological polar surface area (TPSA) is 70.6 Å². The van der Waals surface area contributed by atoms with Gasteiger partial charge in [0.15, 0.2) is 5.78 Å². The van der Waals surface area contributed by atoms with Crippen molar-refractivity contribution >= 4 is 28.2 Å². The first kappa shape index (κ1) is 22.7. The molecule has 0 amide bonds. The number of rotatable bonds is 8. The maximum absolute atomic E-state index is 12.9. The van der Waals surface area contributed by atoms with Crippen molar-refractivity contribution in [2.24, 2.45) is 0 Å². The third-order valence-electron chi connectivity index (χ3n) is 6.03. The molecule has 0 saturated carbocycles. The first-order chi connectivity index (χ1) is 16.1. The normalized spacial score (nSPS) is 14.7. The molecule has 1 N–H and O–H groups in total. The van der Waals surface area contributed by atoms with Crippen molar-refractivity contribution in [3.05, 3.63) is 53.9 Å². The lowest BCUT2D eigenvalue weighted by molar-refractivity contribution is -0.120. The predicted molar refractivity (Wildman–Crippen MR) is 131 cm³/mol. The van der Waals surface area contributed by atoms with Gasteiger partial charge in [-0.3, -0.25) is 9.69 Å². The monoisotopic (exact) mass is 443 g/mol. The van der Waals surface area contributed by atoms with Gasteiger partial charge in [0.1, 0.15) is 17.9 Å².